The van der Waals surface area contributed by atoms with Gasteiger partial charge in [-0.3, -0.25) is 14.4 Å². The van der Waals surface area contributed by atoms with Crippen molar-refractivity contribution < 1.29 is 48.0 Å². The summed E-state index contributed by atoms with van der Waals surface area (Å²) < 4.78 is 30.0. The first-order valence-electron chi connectivity index (χ1n) is 20.8. The van der Waals surface area contributed by atoms with Crippen LogP contribution in [0.1, 0.15) is 106 Å². The molecule has 0 aromatic rings. The number of amides is 1. The number of hydrogen-bond donors (Lipinski definition) is 1. The van der Waals surface area contributed by atoms with Crippen molar-refractivity contribution in [2.24, 2.45) is 34.7 Å². The van der Waals surface area contributed by atoms with Crippen molar-refractivity contribution in [3.05, 3.63) is 45.9 Å². The molecule has 13 atom stereocenters. The van der Waals surface area contributed by atoms with Crippen LogP contribution in [-0.2, 0) is 42.9 Å². The van der Waals surface area contributed by atoms with Crippen molar-refractivity contribution in [3.8, 4) is 0 Å². The Hall–Kier alpha value is -3.39. The first kappa shape index (κ1) is 46.3. The summed E-state index contributed by atoms with van der Waals surface area (Å²) in [5.41, 5.74) is 10.8. The predicted octanol–water partition coefficient (Wildman–Crippen LogP) is 6.60. The number of cyclic esters (lactones) is 1. The van der Waals surface area contributed by atoms with Crippen LogP contribution in [-0.4, -0.2) is 110 Å². The summed E-state index contributed by atoms with van der Waals surface area (Å²) in [4.78, 5) is 60.6. The number of ketones is 2. The van der Waals surface area contributed by atoms with E-state index in [-0.39, 0.29) is 55.1 Å². The van der Waals surface area contributed by atoms with Crippen LogP contribution >= 0.6 is 0 Å². The predicted molar refractivity (Wildman–Crippen MR) is 214 cm³/mol. The van der Waals surface area contributed by atoms with Crippen LogP contribution in [0.4, 0.5) is 0 Å². The lowest BCUT2D eigenvalue weighted by molar-refractivity contribution is -0.302. The number of hydrogen-bond acceptors (Lipinski definition) is 11. The Bertz CT molecular complexity index is 1570. The van der Waals surface area contributed by atoms with Crippen molar-refractivity contribution in [2.75, 3.05) is 27.9 Å². The summed E-state index contributed by atoms with van der Waals surface area (Å²) in [7, 11) is 4.68. The average molecular weight is 799 g/mol. The van der Waals surface area contributed by atoms with Crippen molar-refractivity contribution >= 4 is 23.4 Å². The second-order valence-electron chi connectivity index (χ2n) is 16.9. The standard InChI is InChI=1S/C43H66N4O10/c1-10-31-20-25(2)19-26(3)21-36(54-8)39-37(55-9)23-29(6)43(52,57-39)40(49)41(50)47-18-12-11-13-33(47)42(51)56-38(27(4)14-17-34(31)48)28(5)22-30-15-16-32(45-46-44)35(24-30)53-7/h14,17,20,22,26-27,29-33,35-39,52H,10-13,15-16,18-19,21,23-24H2,1-9H3/b17-14-,25-20?,28-22?. The number of methoxy groups -OCH3 is 3. The molecule has 0 spiro atoms. The van der Waals surface area contributed by atoms with Crippen LogP contribution < -0.4 is 0 Å². The molecule has 2 bridgehead atoms. The van der Waals surface area contributed by atoms with Gasteiger partial charge in [-0.15, -0.1) is 0 Å². The van der Waals surface area contributed by atoms with Gasteiger partial charge in [0.05, 0.1) is 24.4 Å². The van der Waals surface area contributed by atoms with E-state index < -0.39 is 65.7 Å². The van der Waals surface area contributed by atoms with E-state index in [9.17, 15) is 24.3 Å². The van der Waals surface area contributed by atoms with E-state index in [0.717, 1.165) is 17.6 Å². The van der Waals surface area contributed by atoms with Crippen molar-refractivity contribution in [1.82, 2.24) is 4.90 Å². The van der Waals surface area contributed by atoms with Gasteiger partial charge in [0.25, 0.3) is 11.7 Å². The van der Waals surface area contributed by atoms with Gasteiger partial charge in [-0.2, -0.15) is 0 Å². The Morgan fingerprint density at radius 3 is 2.35 bits per heavy atom. The van der Waals surface area contributed by atoms with Gasteiger partial charge in [0, 0.05) is 50.5 Å². The number of esters is 1. The molecule has 1 saturated carbocycles. The summed E-state index contributed by atoms with van der Waals surface area (Å²) in [6, 6.07) is -1.35. The quantitative estimate of drug-likeness (QED) is 0.0735. The zero-order chi connectivity index (χ0) is 42.0. The van der Waals surface area contributed by atoms with E-state index in [1.807, 2.05) is 33.8 Å². The molecule has 0 radical (unpaired) electrons. The van der Waals surface area contributed by atoms with Crippen LogP contribution in [0.2, 0.25) is 0 Å². The van der Waals surface area contributed by atoms with Crippen molar-refractivity contribution in [2.45, 2.75) is 154 Å². The van der Waals surface area contributed by atoms with Crippen LogP contribution in [0.3, 0.4) is 0 Å². The molecule has 57 heavy (non-hydrogen) atoms. The highest BCUT2D eigenvalue weighted by atomic mass is 16.7. The second-order valence-corrected chi connectivity index (χ2v) is 16.9. The molecule has 13 unspecified atom stereocenters. The lowest BCUT2D eigenvalue weighted by Crippen LogP contribution is -2.64. The topological polar surface area (TPSA) is 187 Å². The van der Waals surface area contributed by atoms with Gasteiger partial charge in [-0.1, -0.05) is 56.6 Å². The monoisotopic (exact) mass is 798 g/mol. The van der Waals surface area contributed by atoms with Crippen molar-refractivity contribution in [1.29, 1.82) is 0 Å². The minimum Gasteiger partial charge on any atom is -0.456 e. The SMILES string of the molecule is CCC1C=C(C)CC(C)CC(OC)C2OC(O)(C(=O)C(=O)N3CCCCC3C(=O)OC(C(C)=CC3CCC(N=[N+]=[N-])C(OC)C3)C(C)/C=C\C1=O)C(C)CC2OC. The molecule has 1 amide bonds. The fourth-order valence-electron chi connectivity index (χ4n) is 9.28. The molecule has 3 aliphatic heterocycles. The van der Waals surface area contributed by atoms with E-state index >= 15 is 0 Å². The van der Waals surface area contributed by atoms with Gasteiger partial charge in [0.1, 0.15) is 18.2 Å². The summed E-state index contributed by atoms with van der Waals surface area (Å²) in [6.45, 7) is 11.6. The summed E-state index contributed by atoms with van der Waals surface area (Å²) in [6.07, 6.45) is 9.80. The van der Waals surface area contributed by atoms with E-state index in [1.165, 1.54) is 4.90 Å². The van der Waals surface area contributed by atoms with Gasteiger partial charge >= 0.3 is 5.97 Å². The minimum absolute atomic E-state index is 0.0459. The zero-order valence-electron chi connectivity index (χ0n) is 35.4. The maximum atomic E-state index is 14.3. The second kappa shape index (κ2) is 21.0. The molecule has 4 rings (SSSR count). The number of piperidine rings is 1. The highest BCUT2D eigenvalue weighted by Gasteiger charge is 2.56. The number of allylic oxidation sites excluding steroid dienone is 4. The first-order chi connectivity index (χ1) is 27.1. The molecular weight excluding hydrogens is 732 g/mol. The number of Topliss-reactive ketones (excluding diaryl/α,β-unsaturated/α-hetero) is 1. The first-order valence-corrected chi connectivity index (χ1v) is 20.8. The Morgan fingerprint density at radius 1 is 1.02 bits per heavy atom. The van der Waals surface area contributed by atoms with E-state index in [0.29, 0.717) is 44.9 Å². The van der Waals surface area contributed by atoms with Gasteiger partial charge in [0.2, 0.25) is 5.79 Å². The maximum Gasteiger partial charge on any atom is 0.329 e. The molecule has 3 fully saturated rings. The molecule has 14 heteroatoms. The molecule has 0 aromatic heterocycles. The third-order valence-electron chi connectivity index (χ3n) is 12.6. The molecule has 0 aromatic carbocycles. The Morgan fingerprint density at radius 2 is 1.70 bits per heavy atom. The maximum absolute atomic E-state index is 14.3. The lowest BCUT2D eigenvalue weighted by atomic mass is 9.82. The number of azide groups is 1. The average Bonchev–Trinajstić information content (AvgIpc) is 3.20. The Kier molecular flexibility index (Phi) is 17.1. The van der Waals surface area contributed by atoms with Gasteiger partial charge in [-0.25, -0.2) is 4.79 Å². The molecule has 1 N–H and O–H groups in total. The van der Waals surface area contributed by atoms with Crippen LogP contribution in [0.5, 0.6) is 0 Å². The molecule has 318 valence electrons. The van der Waals surface area contributed by atoms with Gasteiger partial charge in [-0.05, 0) is 107 Å². The Labute approximate surface area is 338 Å². The minimum atomic E-state index is -2.48. The van der Waals surface area contributed by atoms with Crippen LogP contribution in [0.15, 0.2) is 40.6 Å². The zero-order valence-corrected chi connectivity index (χ0v) is 35.4. The fourth-order valence-corrected chi connectivity index (χ4v) is 9.28. The van der Waals surface area contributed by atoms with Crippen LogP contribution in [0.25, 0.3) is 10.4 Å². The van der Waals surface area contributed by atoms with E-state index in [4.69, 9.17) is 29.2 Å². The fraction of sp³-hybridized carbons (Fsp3) is 0.767. The summed E-state index contributed by atoms with van der Waals surface area (Å²) in [5.74, 6) is -6.85. The van der Waals surface area contributed by atoms with E-state index in [1.54, 1.807) is 40.4 Å². The molecular formula is C43H66N4O10. The number of carbonyl (C=O) groups is 4. The summed E-state index contributed by atoms with van der Waals surface area (Å²) >= 11 is 0. The molecule has 4 aliphatic rings. The number of ether oxygens (including phenoxy) is 5. The van der Waals surface area contributed by atoms with Gasteiger partial charge < -0.3 is 33.7 Å². The number of carbonyl (C=O) groups excluding carboxylic acids is 4. The van der Waals surface area contributed by atoms with Crippen LogP contribution in [0, 0.1) is 29.6 Å². The number of rotatable bonds is 7. The third-order valence-corrected chi connectivity index (χ3v) is 12.6. The number of nitrogens with zero attached hydrogens (tertiary/aromatic N) is 4. The highest BCUT2D eigenvalue weighted by Crippen LogP contribution is 2.39. The van der Waals surface area contributed by atoms with Crippen molar-refractivity contribution in [3.63, 3.8) is 0 Å². The summed E-state index contributed by atoms with van der Waals surface area (Å²) in [5, 5.41) is 15.9. The molecule has 2 saturated heterocycles. The normalized spacial score (nSPS) is 38.9. The molecule has 14 nitrogen and oxygen atoms in total. The van der Waals surface area contributed by atoms with Gasteiger partial charge in [0.15, 0.2) is 5.78 Å². The van der Waals surface area contributed by atoms with E-state index in [2.05, 4.69) is 23.0 Å². The lowest BCUT2D eigenvalue weighted by Gasteiger charge is -2.47. The Balaban J connectivity index is 1.76. The molecule has 3 heterocycles. The largest absolute Gasteiger partial charge is 0.456 e. The number of aliphatic hydroxyl groups is 1. The highest BCUT2D eigenvalue weighted by molar-refractivity contribution is 6.39. The number of fused-ring (bicyclic) bond motifs is 3. The third kappa shape index (κ3) is 11.2. The molecule has 1 aliphatic carbocycles. The smallest absolute Gasteiger partial charge is 0.329 e.